The first-order chi connectivity index (χ1) is 16.5. The van der Waals surface area contributed by atoms with Crippen molar-refractivity contribution in [1.29, 1.82) is 0 Å². The summed E-state index contributed by atoms with van der Waals surface area (Å²) in [6.07, 6.45) is 12.3. The molecule has 2 aliphatic heterocycles. The smallest absolute Gasteiger partial charge is 0.312 e. The second-order valence-corrected chi connectivity index (χ2v) is 8.71. The lowest BCUT2D eigenvalue weighted by atomic mass is 9.99. The Morgan fingerprint density at radius 1 is 1.44 bits per heavy atom. The highest BCUT2D eigenvalue weighted by Gasteiger charge is 2.35. The molecule has 0 fully saturated rings. The van der Waals surface area contributed by atoms with E-state index in [4.69, 9.17) is 16.8 Å². The van der Waals surface area contributed by atoms with Crippen LogP contribution < -0.4 is 0 Å². The highest BCUT2D eigenvalue weighted by atomic mass is 32.1. The van der Waals surface area contributed by atoms with Crippen LogP contribution in [0, 0.1) is 6.92 Å². The Morgan fingerprint density at radius 2 is 2.29 bits per heavy atom. The van der Waals surface area contributed by atoms with Gasteiger partial charge in [-0.15, -0.1) is 10.2 Å². The molecule has 0 aromatic carbocycles. The number of aryl methyl sites for hydroxylation is 2. The quantitative estimate of drug-likeness (QED) is 0.537. The van der Waals surface area contributed by atoms with Crippen LogP contribution in [0.1, 0.15) is 40.2 Å². The largest absolute Gasteiger partial charge is 0.412 e. The molecule has 174 valence electrons. The van der Waals surface area contributed by atoms with Crippen molar-refractivity contribution in [3.8, 4) is 11.5 Å². The van der Waals surface area contributed by atoms with Crippen molar-refractivity contribution in [2.24, 2.45) is 11.5 Å². The Kier molecular flexibility index (Phi) is 5.93. The molecule has 11 nitrogen and oxygen atoms in total. The number of nitrogens with zero attached hydrogens (tertiary/aromatic N) is 8. The molecule has 0 saturated heterocycles. The minimum atomic E-state index is -0.340. The molecule has 0 saturated carbocycles. The lowest BCUT2D eigenvalue weighted by molar-refractivity contribution is 0.0616. The number of allylic oxidation sites excluding steroid dienone is 3. The number of aromatic nitrogens is 6. The van der Waals surface area contributed by atoms with Crippen LogP contribution in [0.4, 0.5) is 0 Å². The Labute approximate surface area is 203 Å². The number of carbonyl (C=O) groups is 1. The van der Waals surface area contributed by atoms with E-state index in [-0.39, 0.29) is 23.7 Å². The highest BCUT2D eigenvalue weighted by molar-refractivity contribution is 7.47. The highest BCUT2D eigenvalue weighted by Crippen LogP contribution is 2.34. The number of hydrogen-bond donors (Lipinski definition) is 1. The zero-order valence-electron chi connectivity index (χ0n) is 18.5. The van der Waals surface area contributed by atoms with E-state index < -0.39 is 0 Å². The maximum Gasteiger partial charge on any atom is 0.312 e. The number of hydrogen-bond acceptors (Lipinski definition) is 8. The van der Waals surface area contributed by atoms with Crippen molar-refractivity contribution in [2.75, 3.05) is 6.54 Å². The fraction of sp³-hybridized carbons (Fsp3) is 0.286. The number of imidazole rings is 1. The Bertz CT molecular complexity index is 1350. The summed E-state index contributed by atoms with van der Waals surface area (Å²) in [7, 11) is 4.42. The van der Waals surface area contributed by atoms with E-state index in [1.807, 2.05) is 38.3 Å². The number of rotatable bonds is 5. The van der Waals surface area contributed by atoms with E-state index in [1.165, 1.54) is 0 Å². The summed E-state index contributed by atoms with van der Waals surface area (Å²) in [6, 6.07) is -0.315. The Morgan fingerprint density at radius 3 is 3.06 bits per heavy atom. The second kappa shape index (κ2) is 9.03. The molecule has 0 bridgehead atoms. The average Bonchev–Trinajstić information content (AvgIpc) is 3.56. The molecule has 0 radical (unpaired) electrons. The van der Waals surface area contributed by atoms with Gasteiger partial charge in [0.25, 0.3) is 5.89 Å². The summed E-state index contributed by atoms with van der Waals surface area (Å²) >= 11 is 4.93. The van der Waals surface area contributed by atoms with Crippen molar-refractivity contribution in [3.05, 3.63) is 70.9 Å². The van der Waals surface area contributed by atoms with Crippen LogP contribution in [-0.2, 0) is 25.9 Å². The van der Waals surface area contributed by atoms with Gasteiger partial charge in [-0.3, -0.25) is 9.48 Å². The first-order valence-corrected chi connectivity index (χ1v) is 11.5. The zero-order valence-corrected chi connectivity index (χ0v) is 20.5. The predicted molar refractivity (Wildman–Crippen MR) is 129 cm³/mol. The number of carbonyl (C=O) groups excluding carboxylic acids is 1. The molecule has 5 rings (SSSR count). The van der Waals surface area contributed by atoms with E-state index in [9.17, 15) is 4.79 Å². The van der Waals surface area contributed by atoms with Crippen LogP contribution in [0.3, 0.4) is 0 Å². The van der Waals surface area contributed by atoms with Crippen molar-refractivity contribution in [3.63, 3.8) is 0 Å². The van der Waals surface area contributed by atoms with Crippen molar-refractivity contribution in [1.82, 2.24) is 39.9 Å². The minimum Gasteiger partial charge on any atom is -0.412 e. The topological polar surface area (TPSA) is 121 Å². The predicted octanol–water partition coefficient (Wildman–Crippen LogP) is 2.75. The number of amides is 1. The summed E-state index contributed by atoms with van der Waals surface area (Å²) in [5, 5.41) is 14.1. The number of nitrogens with one attached hydrogen (secondary N) is 1. The van der Waals surface area contributed by atoms with E-state index in [1.54, 1.807) is 27.1 Å². The summed E-state index contributed by atoms with van der Waals surface area (Å²) in [5.74, 6) is -0.141. The zero-order chi connectivity index (χ0) is 23.8. The van der Waals surface area contributed by atoms with Crippen LogP contribution in [0.2, 0.25) is 0 Å². The monoisotopic (exact) mass is 495 g/mol. The number of H-pyrrole nitrogens is 1. The molecular weight excluding hydrogens is 473 g/mol. The van der Waals surface area contributed by atoms with Crippen LogP contribution in [0.25, 0.3) is 11.5 Å². The molecule has 1 unspecified atom stereocenters. The number of fused-ring (bicyclic) bond motifs is 1. The molecule has 3 aromatic rings. The van der Waals surface area contributed by atoms with Gasteiger partial charge in [-0.2, -0.15) is 5.10 Å². The molecular formula is C21H22N9O2PS. The molecule has 1 amide bonds. The first-order valence-electron chi connectivity index (χ1n) is 10.6. The van der Waals surface area contributed by atoms with Crippen molar-refractivity contribution >= 4 is 27.6 Å². The van der Waals surface area contributed by atoms with E-state index in [0.29, 0.717) is 24.9 Å². The van der Waals surface area contributed by atoms with Crippen molar-refractivity contribution < 1.29 is 9.21 Å². The molecule has 0 spiro atoms. The second-order valence-electron chi connectivity index (χ2n) is 7.95. The standard InChI is InChI=1S/C21H22N9O2PS/c1-12-14(10-28(2)26-12)19-24-25-20(32-19)21(31)29-9-8-15-18(23-11-22-15)16(29)7-6-13-4-3-5-17(33)30(13)27-34/h3-6,10-11,16H,7-9,33H2,1-2H3,(H,22,23)/b13-6-/t16-/m0/s1. The van der Waals surface area contributed by atoms with Gasteiger partial charge in [-0.25, -0.2) is 9.99 Å². The molecule has 0 aliphatic carbocycles. The van der Waals surface area contributed by atoms with Gasteiger partial charge in [0, 0.05) is 31.9 Å². The summed E-state index contributed by atoms with van der Waals surface area (Å²) in [4.78, 5) is 22.9. The van der Waals surface area contributed by atoms with E-state index in [2.05, 4.69) is 39.0 Å². The van der Waals surface area contributed by atoms with Gasteiger partial charge in [0.1, 0.15) is 0 Å². The fourth-order valence-corrected chi connectivity index (χ4v) is 4.79. The van der Waals surface area contributed by atoms with Crippen LogP contribution in [-0.4, -0.2) is 52.3 Å². The fourth-order valence-electron chi connectivity index (χ4n) is 4.20. The summed E-state index contributed by atoms with van der Waals surface area (Å²) < 4.78 is 11.4. The van der Waals surface area contributed by atoms with Gasteiger partial charge < -0.3 is 14.3 Å². The third kappa shape index (κ3) is 3.99. The van der Waals surface area contributed by atoms with Gasteiger partial charge in [0.2, 0.25) is 0 Å². The van der Waals surface area contributed by atoms with Gasteiger partial charge in [0.05, 0.1) is 52.9 Å². The van der Waals surface area contributed by atoms with Gasteiger partial charge in [-0.05, 0) is 25.5 Å². The molecule has 1 N–H and O–H groups in total. The SMILES string of the molecule is Cc1nn(C)cc1-c1nnc(C(=O)N2CCc3[nH]cnc3[C@@H]2C/C=C2/C=CC=C(P)N2N=S)o1. The molecule has 5 heterocycles. The average molecular weight is 496 g/mol. The Balaban J connectivity index is 1.44. The van der Waals surface area contributed by atoms with Crippen LogP contribution in [0.5, 0.6) is 0 Å². The van der Waals surface area contributed by atoms with E-state index in [0.717, 1.165) is 28.2 Å². The van der Waals surface area contributed by atoms with Gasteiger partial charge in [0.15, 0.2) is 0 Å². The summed E-state index contributed by atoms with van der Waals surface area (Å²) in [5.41, 5.74) is 4.94. The first kappa shape index (κ1) is 22.3. The number of aromatic amines is 1. The molecule has 13 heteroatoms. The minimum absolute atomic E-state index is 0.0650. The van der Waals surface area contributed by atoms with E-state index >= 15 is 0 Å². The third-order valence-electron chi connectivity index (χ3n) is 5.81. The lowest BCUT2D eigenvalue weighted by Crippen LogP contribution is -2.40. The maximum atomic E-state index is 13.5. The molecule has 2 aliphatic rings. The maximum absolute atomic E-state index is 13.5. The van der Waals surface area contributed by atoms with Crippen LogP contribution >= 0.6 is 9.24 Å². The lowest BCUT2D eigenvalue weighted by Gasteiger charge is -2.34. The normalized spacial score (nSPS) is 18.9. The summed E-state index contributed by atoms with van der Waals surface area (Å²) in [6.45, 7) is 2.34. The van der Waals surface area contributed by atoms with Crippen molar-refractivity contribution in [2.45, 2.75) is 25.8 Å². The van der Waals surface area contributed by atoms with Gasteiger partial charge >= 0.3 is 11.8 Å². The molecule has 34 heavy (non-hydrogen) atoms. The Hall–Kier alpha value is -3.50. The molecule has 3 aromatic heterocycles. The van der Waals surface area contributed by atoms with Crippen LogP contribution in [0.15, 0.2) is 56.9 Å². The molecule has 2 atom stereocenters. The van der Waals surface area contributed by atoms with Gasteiger partial charge in [-0.1, -0.05) is 25.9 Å². The third-order valence-corrected chi connectivity index (χ3v) is 6.41.